The van der Waals surface area contributed by atoms with E-state index in [1.807, 2.05) is 12.1 Å². The van der Waals surface area contributed by atoms with Crippen LogP contribution in [-0.4, -0.2) is 60.9 Å². The number of nitrogens with zero attached hydrogens (tertiary/aromatic N) is 3. The summed E-state index contributed by atoms with van der Waals surface area (Å²) in [5.74, 6) is -2.84. The van der Waals surface area contributed by atoms with E-state index in [0.717, 1.165) is 25.0 Å². The zero-order valence-corrected chi connectivity index (χ0v) is 23.5. The van der Waals surface area contributed by atoms with Gasteiger partial charge in [-0.1, -0.05) is 31.2 Å². The number of fused-ring (bicyclic) bond motifs is 2. The summed E-state index contributed by atoms with van der Waals surface area (Å²) in [5, 5.41) is 2.75. The summed E-state index contributed by atoms with van der Waals surface area (Å²) in [6, 6.07) is 15.9. The number of rotatable bonds is 7. The molecule has 222 valence electrons. The molecule has 1 unspecified atom stereocenters. The fraction of sp³-hybridized carbons (Fsp3) is 0.312. The van der Waals surface area contributed by atoms with Crippen LogP contribution in [0.15, 0.2) is 65.7 Å². The number of ether oxygens (including phenoxy) is 2. The number of hydrogen-bond acceptors (Lipinski definition) is 6. The van der Waals surface area contributed by atoms with Gasteiger partial charge in [0.1, 0.15) is 6.54 Å². The second-order valence-electron chi connectivity index (χ2n) is 10.8. The van der Waals surface area contributed by atoms with E-state index in [9.17, 15) is 23.2 Å². The zero-order valence-electron chi connectivity index (χ0n) is 23.5. The first-order valence-corrected chi connectivity index (χ1v) is 14.2. The Kier molecular flexibility index (Phi) is 7.79. The lowest BCUT2D eigenvalue weighted by molar-refractivity contribution is -0.131. The second kappa shape index (κ2) is 11.8. The minimum Gasteiger partial charge on any atom is -0.454 e. The Morgan fingerprint density at radius 2 is 1.77 bits per heavy atom. The molecular weight excluding hydrogens is 558 g/mol. The van der Waals surface area contributed by atoms with E-state index in [1.165, 1.54) is 11.0 Å². The quantitative estimate of drug-likeness (QED) is 0.453. The predicted molar refractivity (Wildman–Crippen MR) is 154 cm³/mol. The van der Waals surface area contributed by atoms with Crippen LogP contribution in [0.4, 0.5) is 14.5 Å². The number of likely N-dealkylation sites (tertiary alicyclic amines) is 1. The number of anilines is 1. The van der Waals surface area contributed by atoms with Crippen molar-refractivity contribution in [3.05, 3.63) is 89.0 Å². The van der Waals surface area contributed by atoms with Gasteiger partial charge in [-0.05, 0) is 61.2 Å². The highest BCUT2D eigenvalue weighted by atomic mass is 19.2. The number of nitrogens with one attached hydrogen (secondary N) is 1. The van der Waals surface area contributed by atoms with Crippen LogP contribution in [0, 0.1) is 17.6 Å². The van der Waals surface area contributed by atoms with E-state index in [2.05, 4.69) is 5.32 Å². The number of hydrogen-bond donors (Lipinski definition) is 1. The first-order valence-electron chi connectivity index (χ1n) is 14.2. The maximum atomic E-state index is 14.1. The van der Waals surface area contributed by atoms with E-state index in [-0.39, 0.29) is 25.7 Å². The number of benzodiazepines with no additional fused rings is 1. The highest BCUT2D eigenvalue weighted by molar-refractivity contribution is 6.21. The summed E-state index contributed by atoms with van der Waals surface area (Å²) >= 11 is 0. The average Bonchev–Trinajstić information content (AvgIpc) is 3.70. The Labute approximate surface area is 247 Å². The molecule has 3 aromatic carbocycles. The number of carbonyl (C=O) groups excluding carboxylic acids is 3. The van der Waals surface area contributed by atoms with Crippen molar-refractivity contribution in [3.8, 4) is 11.5 Å². The van der Waals surface area contributed by atoms with Crippen LogP contribution in [0.25, 0.3) is 0 Å². The number of carbonyl (C=O) groups is 3. The summed E-state index contributed by atoms with van der Waals surface area (Å²) in [6.07, 6.45) is 0.559. The lowest BCUT2D eigenvalue weighted by Crippen LogP contribution is -2.51. The molecule has 0 bridgehead atoms. The highest BCUT2D eigenvalue weighted by Crippen LogP contribution is 2.35. The van der Waals surface area contributed by atoms with Crippen LogP contribution >= 0.6 is 0 Å². The van der Waals surface area contributed by atoms with E-state index in [0.29, 0.717) is 52.7 Å². The van der Waals surface area contributed by atoms with Crippen molar-refractivity contribution < 1.29 is 32.6 Å². The Morgan fingerprint density at radius 1 is 1.00 bits per heavy atom. The molecule has 1 fully saturated rings. The minimum absolute atomic E-state index is 0.0846. The molecule has 1 N–H and O–H groups in total. The maximum Gasteiger partial charge on any atom is 0.272 e. The van der Waals surface area contributed by atoms with E-state index < -0.39 is 35.5 Å². The lowest BCUT2D eigenvalue weighted by atomic mass is 9.99. The molecule has 6 rings (SSSR count). The van der Waals surface area contributed by atoms with Crippen LogP contribution in [-0.2, 0) is 20.8 Å². The van der Waals surface area contributed by atoms with E-state index >= 15 is 0 Å². The van der Waals surface area contributed by atoms with Gasteiger partial charge in [-0.2, -0.15) is 0 Å². The number of aliphatic imine (C=N–C) groups is 1. The fourth-order valence-corrected chi connectivity index (χ4v) is 5.55. The molecule has 0 radical (unpaired) electrons. The molecule has 43 heavy (non-hydrogen) atoms. The molecule has 9 nitrogen and oxygen atoms in total. The lowest BCUT2D eigenvalue weighted by Gasteiger charge is -2.27. The molecule has 0 saturated carbocycles. The second-order valence-corrected chi connectivity index (χ2v) is 10.8. The van der Waals surface area contributed by atoms with E-state index in [1.54, 1.807) is 42.2 Å². The Morgan fingerprint density at radius 3 is 2.56 bits per heavy atom. The number of para-hydroxylation sites is 1. The monoisotopic (exact) mass is 588 g/mol. The number of amides is 3. The maximum absolute atomic E-state index is 14.1. The molecule has 2 atom stereocenters. The molecule has 11 heteroatoms. The average molecular weight is 589 g/mol. The van der Waals surface area contributed by atoms with Crippen molar-refractivity contribution in [2.24, 2.45) is 10.9 Å². The van der Waals surface area contributed by atoms with Crippen molar-refractivity contribution in [2.75, 3.05) is 31.3 Å². The molecule has 3 aliphatic heterocycles. The first kappa shape index (κ1) is 28.3. The predicted octanol–water partition coefficient (Wildman–Crippen LogP) is 3.82. The first-order chi connectivity index (χ1) is 20.8. The third-order valence-corrected chi connectivity index (χ3v) is 7.86. The Hall–Kier alpha value is -4.80. The molecular formula is C32H30F2N4O5. The van der Waals surface area contributed by atoms with Gasteiger partial charge < -0.3 is 19.7 Å². The topological polar surface area (TPSA) is 101 Å². The van der Waals surface area contributed by atoms with Gasteiger partial charge in [-0.3, -0.25) is 19.3 Å². The molecule has 3 aliphatic rings. The molecule has 3 heterocycles. The van der Waals surface area contributed by atoms with Gasteiger partial charge in [-0.15, -0.1) is 0 Å². The summed E-state index contributed by atoms with van der Waals surface area (Å²) in [4.78, 5) is 48.7. The van der Waals surface area contributed by atoms with Crippen LogP contribution < -0.4 is 19.7 Å². The summed E-state index contributed by atoms with van der Waals surface area (Å²) in [7, 11) is 0. The van der Waals surface area contributed by atoms with Crippen LogP contribution in [0.5, 0.6) is 11.5 Å². The summed E-state index contributed by atoms with van der Waals surface area (Å²) < 4.78 is 38.2. The van der Waals surface area contributed by atoms with Crippen molar-refractivity contribution >= 4 is 29.1 Å². The van der Waals surface area contributed by atoms with Gasteiger partial charge >= 0.3 is 0 Å². The molecule has 1 saturated heterocycles. The zero-order chi connectivity index (χ0) is 30.1. The van der Waals surface area contributed by atoms with Crippen molar-refractivity contribution in [2.45, 2.75) is 32.4 Å². The van der Waals surface area contributed by atoms with Crippen molar-refractivity contribution in [1.82, 2.24) is 10.2 Å². The smallest absolute Gasteiger partial charge is 0.272 e. The fourth-order valence-electron chi connectivity index (χ4n) is 5.55. The van der Waals surface area contributed by atoms with Gasteiger partial charge in [0.25, 0.3) is 5.91 Å². The van der Waals surface area contributed by atoms with Crippen LogP contribution in [0.2, 0.25) is 0 Å². The largest absolute Gasteiger partial charge is 0.454 e. The number of halogens is 2. The molecule has 3 amide bonds. The van der Waals surface area contributed by atoms with E-state index in [4.69, 9.17) is 14.5 Å². The SMILES string of the molecule is C[C@@H](Cc1ccc(F)c(F)c1)C(=O)NC1N=C(c2ccc3c(c2)OCO3)c2ccccc2N(CC(=O)N2CCCC2)C1=O. The van der Waals surface area contributed by atoms with Crippen LogP contribution in [0.1, 0.15) is 36.5 Å². The molecule has 3 aromatic rings. The Balaban J connectivity index is 1.35. The van der Waals surface area contributed by atoms with Crippen LogP contribution in [0.3, 0.4) is 0 Å². The van der Waals surface area contributed by atoms with Gasteiger partial charge in [-0.25, -0.2) is 13.8 Å². The standard InChI is InChI=1S/C32H30F2N4O5/c1-19(14-20-8-10-23(33)24(34)15-20)31(40)36-30-32(41)38(17-28(39)37-12-4-5-13-37)25-7-3-2-6-22(25)29(35-30)21-9-11-26-27(16-21)43-18-42-26/h2-3,6-11,15-16,19,30H,4-5,12-14,17-18H2,1H3,(H,36,40)/t19-,30?/m0/s1. The van der Waals surface area contributed by atoms with Crippen molar-refractivity contribution in [3.63, 3.8) is 0 Å². The van der Waals surface area contributed by atoms with Gasteiger partial charge in [0.2, 0.25) is 24.8 Å². The van der Waals surface area contributed by atoms with Gasteiger partial charge in [0.05, 0.1) is 11.4 Å². The molecule has 0 aromatic heterocycles. The van der Waals surface area contributed by atoms with Gasteiger partial charge in [0.15, 0.2) is 23.1 Å². The highest BCUT2D eigenvalue weighted by Gasteiger charge is 2.36. The minimum atomic E-state index is -1.36. The number of benzene rings is 3. The molecule has 0 spiro atoms. The third kappa shape index (κ3) is 5.79. The third-order valence-electron chi connectivity index (χ3n) is 7.86. The van der Waals surface area contributed by atoms with Crippen molar-refractivity contribution in [1.29, 1.82) is 0 Å². The summed E-state index contributed by atoms with van der Waals surface area (Å²) in [5.41, 5.74) is 2.59. The van der Waals surface area contributed by atoms with Gasteiger partial charge in [0, 0.05) is 30.1 Å². The molecule has 0 aliphatic carbocycles. The summed E-state index contributed by atoms with van der Waals surface area (Å²) in [6.45, 7) is 2.76. The normalized spacial score (nSPS) is 18.2. The Bertz CT molecular complexity index is 1620.